The first-order valence-corrected chi connectivity index (χ1v) is 18.4. The summed E-state index contributed by atoms with van der Waals surface area (Å²) in [4.78, 5) is 2.39. The smallest absolute Gasteiger partial charge is 0.135 e. The Kier molecular flexibility index (Phi) is 6.33. The molecule has 0 N–H and O–H groups in total. The topological polar surface area (TPSA) is 16.4 Å². The minimum Gasteiger partial charge on any atom is -0.456 e. The molecule has 250 valence electrons. The number of rotatable bonds is 4. The molecule has 1 aliphatic rings. The predicted molar refractivity (Wildman–Crippen MR) is 224 cm³/mol. The van der Waals surface area contributed by atoms with Crippen LogP contribution in [0.2, 0.25) is 0 Å². The van der Waals surface area contributed by atoms with Crippen molar-refractivity contribution in [3.63, 3.8) is 0 Å². The summed E-state index contributed by atoms with van der Waals surface area (Å²) < 4.78 is 6.26. The van der Waals surface area contributed by atoms with Gasteiger partial charge < -0.3 is 9.32 Å². The van der Waals surface area contributed by atoms with E-state index in [0.29, 0.717) is 0 Å². The molecule has 53 heavy (non-hydrogen) atoms. The minimum absolute atomic E-state index is 0.0560. The summed E-state index contributed by atoms with van der Waals surface area (Å²) in [5, 5.41) is 9.88. The summed E-state index contributed by atoms with van der Waals surface area (Å²) in [5.74, 6) is 0. The fourth-order valence-electron chi connectivity index (χ4n) is 9.04. The van der Waals surface area contributed by atoms with Crippen molar-refractivity contribution < 1.29 is 4.42 Å². The summed E-state index contributed by atoms with van der Waals surface area (Å²) in [5.41, 5.74) is 12.9. The van der Waals surface area contributed by atoms with E-state index in [1.165, 1.54) is 65.7 Å². The summed E-state index contributed by atoms with van der Waals surface area (Å²) in [7, 11) is 0. The van der Waals surface area contributed by atoms with Crippen molar-refractivity contribution in [1.82, 2.24) is 0 Å². The largest absolute Gasteiger partial charge is 0.456 e. The molecule has 0 atom stereocenters. The molecular formula is C51H35NO. The number of benzene rings is 9. The van der Waals surface area contributed by atoms with Gasteiger partial charge in [-0.15, -0.1) is 0 Å². The normalized spacial score (nSPS) is 13.2. The van der Waals surface area contributed by atoms with Gasteiger partial charge in [-0.05, 0) is 120 Å². The van der Waals surface area contributed by atoms with Gasteiger partial charge in [0.1, 0.15) is 11.2 Å². The van der Waals surface area contributed by atoms with E-state index in [4.69, 9.17) is 4.42 Å². The Labute approximate surface area is 308 Å². The molecule has 0 fully saturated rings. The third-order valence-corrected chi connectivity index (χ3v) is 11.6. The monoisotopic (exact) mass is 677 g/mol. The van der Waals surface area contributed by atoms with Gasteiger partial charge in [0.05, 0.1) is 0 Å². The van der Waals surface area contributed by atoms with Crippen molar-refractivity contribution in [2.75, 3.05) is 4.90 Å². The van der Waals surface area contributed by atoms with Crippen LogP contribution in [-0.4, -0.2) is 0 Å². The summed E-state index contributed by atoms with van der Waals surface area (Å²) in [6, 6.07) is 64.4. The number of furan rings is 1. The number of fused-ring (bicyclic) bond motifs is 11. The van der Waals surface area contributed by atoms with Gasteiger partial charge >= 0.3 is 0 Å². The first-order valence-electron chi connectivity index (χ1n) is 18.4. The molecule has 0 saturated carbocycles. The zero-order valence-corrected chi connectivity index (χ0v) is 29.6. The Hall–Kier alpha value is -6.64. The second-order valence-electron chi connectivity index (χ2n) is 14.9. The molecule has 0 bridgehead atoms. The average Bonchev–Trinajstić information content (AvgIpc) is 3.69. The van der Waals surface area contributed by atoms with Crippen LogP contribution in [0, 0.1) is 0 Å². The van der Waals surface area contributed by atoms with Crippen LogP contribution in [0.25, 0.3) is 76.5 Å². The summed E-state index contributed by atoms with van der Waals surface area (Å²) in [6.45, 7) is 4.68. The van der Waals surface area contributed by atoms with Crippen LogP contribution in [0.15, 0.2) is 180 Å². The van der Waals surface area contributed by atoms with E-state index in [9.17, 15) is 0 Å². The number of para-hydroxylation sites is 1. The van der Waals surface area contributed by atoms with E-state index in [-0.39, 0.29) is 5.41 Å². The molecule has 0 amide bonds. The highest BCUT2D eigenvalue weighted by atomic mass is 16.3. The Balaban J connectivity index is 1.10. The van der Waals surface area contributed by atoms with Crippen LogP contribution in [0.4, 0.5) is 17.1 Å². The number of anilines is 3. The van der Waals surface area contributed by atoms with E-state index in [1.807, 2.05) is 12.1 Å². The van der Waals surface area contributed by atoms with Crippen molar-refractivity contribution in [3.8, 4) is 22.3 Å². The van der Waals surface area contributed by atoms with E-state index in [1.54, 1.807) is 0 Å². The van der Waals surface area contributed by atoms with Gasteiger partial charge in [-0.25, -0.2) is 0 Å². The van der Waals surface area contributed by atoms with Crippen LogP contribution in [0.5, 0.6) is 0 Å². The molecule has 0 radical (unpaired) electrons. The molecule has 1 heterocycles. The van der Waals surface area contributed by atoms with Crippen molar-refractivity contribution in [3.05, 3.63) is 187 Å². The van der Waals surface area contributed by atoms with E-state index in [0.717, 1.165) is 39.0 Å². The lowest BCUT2D eigenvalue weighted by Gasteiger charge is -2.27. The maximum absolute atomic E-state index is 6.26. The predicted octanol–water partition coefficient (Wildman–Crippen LogP) is 14.5. The van der Waals surface area contributed by atoms with Crippen molar-refractivity contribution >= 4 is 71.3 Å². The second kappa shape index (κ2) is 11.2. The Morgan fingerprint density at radius 1 is 0.377 bits per heavy atom. The summed E-state index contributed by atoms with van der Waals surface area (Å²) in [6.07, 6.45) is 0. The molecule has 0 spiro atoms. The fraction of sp³-hybridized carbons (Fsp3) is 0.0588. The van der Waals surface area contributed by atoms with Gasteiger partial charge in [-0.1, -0.05) is 135 Å². The fourth-order valence-corrected chi connectivity index (χ4v) is 9.04. The highest BCUT2D eigenvalue weighted by molar-refractivity contribution is 6.21. The van der Waals surface area contributed by atoms with Gasteiger partial charge in [0, 0.05) is 33.2 Å². The first-order chi connectivity index (χ1) is 26.0. The Morgan fingerprint density at radius 3 is 1.87 bits per heavy atom. The average molecular weight is 678 g/mol. The zero-order chi connectivity index (χ0) is 35.3. The van der Waals surface area contributed by atoms with Gasteiger partial charge in [0.15, 0.2) is 0 Å². The maximum Gasteiger partial charge on any atom is 0.135 e. The molecule has 2 heteroatoms. The third kappa shape index (κ3) is 4.45. The number of nitrogens with zero attached hydrogens (tertiary/aromatic N) is 1. The highest BCUT2D eigenvalue weighted by Gasteiger charge is 2.35. The molecule has 1 aromatic heterocycles. The van der Waals surface area contributed by atoms with Crippen LogP contribution >= 0.6 is 0 Å². The molecule has 0 aliphatic heterocycles. The van der Waals surface area contributed by atoms with E-state index < -0.39 is 0 Å². The maximum atomic E-state index is 6.26. The SMILES string of the molecule is CC1(C)c2ccccc2-c2cc(N(c3ccc(-c4cc5c6ccccc6ccc5c5ccccc45)cc3)c3ccc4oc5ccccc5c4c3)ccc21. The van der Waals surface area contributed by atoms with Gasteiger partial charge in [-0.2, -0.15) is 0 Å². The number of hydrogen-bond donors (Lipinski definition) is 0. The second-order valence-corrected chi connectivity index (χ2v) is 14.9. The molecule has 1 aliphatic carbocycles. The number of hydrogen-bond acceptors (Lipinski definition) is 2. The van der Waals surface area contributed by atoms with Crippen LogP contribution in [0.3, 0.4) is 0 Å². The zero-order valence-electron chi connectivity index (χ0n) is 29.6. The minimum atomic E-state index is -0.0560. The van der Waals surface area contributed by atoms with Crippen LogP contribution < -0.4 is 4.90 Å². The molecule has 0 saturated heterocycles. The third-order valence-electron chi connectivity index (χ3n) is 11.6. The Morgan fingerprint density at radius 2 is 1.00 bits per heavy atom. The van der Waals surface area contributed by atoms with Crippen molar-refractivity contribution in [2.45, 2.75) is 19.3 Å². The molecule has 2 nitrogen and oxygen atoms in total. The molecule has 11 rings (SSSR count). The summed E-state index contributed by atoms with van der Waals surface area (Å²) >= 11 is 0. The van der Waals surface area contributed by atoms with Crippen LogP contribution in [-0.2, 0) is 5.41 Å². The van der Waals surface area contributed by atoms with Gasteiger partial charge in [-0.3, -0.25) is 0 Å². The lowest BCUT2D eigenvalue weighted by atomic mass is 9.82. The molecule has 9 aromatic carbocycles. The quantitative estimate of drug-likeness (QED) is 0.172. The highest BCUT2D eigenvalue weighted by Crippen LogP contribution is 2.51. The first kappa shape index (κ1) is 30.0. The van der Waals surface area contributed by atoms with Gasteiger partial charge in [0.25, 0.3) is 0 Å². The molecule has 0 unspecified atom stereocenters. The lowest BCUT2D eigenvalue weighted by Crippen LogP contribution is -2.15. The van der Waals surface area contributed by atoms with E-state index >= 15 is 0 Å². The molecular weight excluding hydrogens is 643 g/mol. The van der Waals surface area contributed by atoms with E-state index in [2.05, 4.69) is 183 Å². The standard InChI is InChI=1S/C51H35NO/c1-51(2)47-17-9-7-15-41(47)45-29-35(24-27-48(45)51)52(36-25-28-50-46(30-36)42-16-8-10-18-49(42)53-50)34-22-19-33(20-23-34)43-31-44-37-12-4-3-11-32(37)21-26-40(44)38-13-5-6-14-39(38)43/h3-31H,1-2H3. The van der Waals surface area contributed by atoms with Gasteiger partial charge in [0.2, 0.25) is 0 Å². The molecule has 10 aromatic rings. The van der Waals surface area contributed by atoms with Crippen LogP contribution in [0.1, 0.15) is 25.0 Å². The lowest BCUT2D eigenvalue weighted by molar-refractivity contribution is 0.660. The van der Waals surface area contributed by atoms with Crippen molar-refractivity contribution in [1.29, 1.82) is 0 Å². The van der Waals surface area contributed by atoms with Crippen molar-refractivity contribution in [2.24, 2.45) is 0 Å². The Bertz CT molecular complexity index is 3090.